The number of nitrogens with two attached hydrogens (primary N) is 1. The second kappa shape index (κ2) is 4.37. The highest BCUT2D eigenvalue weighted by atomic mass is 35.5. The van der Waals surface area contributed by atoms with Crippen LogP contribution >= 0.6 is 23.2 Å². The fourth-order valence-corrected chi connectivity index (χ4v) is 1.39. The standard InChI is InChI=1S/C8H6Cl2F3NO/c9-3-4-1-2-5(10)7(6(4)14)15-8(11,12)13/h1-2H,3,14H2. The van der Waals surface area contributed by atoms with E-state index in [1.165, 1.54) is 12.1 Å². The van der Waals surface area contributed by atoms with E-state index in [-0.39, 0.29) is 16.6 Å². The Morgan fingerprint density at radius 3 is 2.40 bits per heavy atom. The SMILES string of the molecule is Nc1c(CCl)ccc(Cl)c1OC(F)(F)F. The molecule has 1 aromatic rings. The van der Waals surface area contributed by atoms with Crippen molar-refractivity contribution in [1.29, 1.82) is 0 Å². The topological polar surface area (TPSA) is 35.2 Å². The van der Waals surface area contributed by atoms with E-state index in [0.29, 0.717) is 5.56 Å². The lowest BCUT2D eigenvalue weighted by Crippen LogP contribution is -2.18. The number of anilines is 1. The molecular weight excluding hydrogens is 254 g/mol. The van der Waals surface area contributed by atoms with Gasteiger partial charge in [0.1, 0.15) is 0 Å². The maximum atomic E-state index is 12.0. The lowest BCUT2D eigenvalue weighted by atomic mass is 10.2. The number of rotatable bonds is 2. The Hall–Kier alpha value is -0.810. The van der Waals surface area contributed by atoms with Gasteiger partial charge in [0.25, 0.3) is 0 Å². The molecule has 0 heterocycles. The first-order valence-corrected chi connectivity index (χ1v) is 4.65. The van der Waals surface area contributed by atoms with Crippen molar-refractivity contribution in [1.82, 2.24) is 0 Å². The minimum atomic E-state index is -4.83. The third kappa shape index (κ3) is 3.07. The third-order valence-corrected chi connectivity index (χ3v) is 2.19. The maximum absolute atomic E-state index is 12.0. The predicted molar refractivity (Wildman–Crippen MR) is 52.1 cm³/mol. The van der Waals surface area contributed by atoms with Gasteiger partial charge in [-0.3, -0.25) is 0 Å². The van der Waals surface area contributed by atoms with Gasteiger partial charge in [0, 0.05) is 5.88 Å². The van der Waals surface area contributed by atoms with Gasteiger partial charge in [0.2, 0.25) is 0 Å². The summed E-state index contributed by atoms with van der Waals surface area (Å²) in [4.78, 5) is 0. The van der Waals surface area contributed by atoms with E-state index >= 15 is 0 Å². The first kappa shape index (κ1) is 12.3. The summed E-state index contributed by atoms with van der Waals surface area (Å²) in [6.45, 7) is 0. The number of nitrogen functional groups attached to an aromatic ring is 1. The number of hydrogen-bond donors (Lipinski definition) is 1. The van der Waals surface area contributed by atoms with Crippen LogP contribution in [-0.2, 0) is 5.88 Å². The molecule has 7 heteroatoms. The second-order valence-electron chi connectivity index (χ2n) is 2.63. The highest BCUT2D eigenvalue weighted by Crippen LogP contribution is 2.37. The Balaban J connectivity index is 3.15. The Morgan fingerprint density at radius 1 is 1.33 bits per heavy atom. The molecule has 1 rings (SSSR count). The van der Waals surface area contributed by atoms with Gasteiger partial charge in [-0.05, 0) is 11.6 Å². The van der Waals surface area contributed by atoms with Gasteiger partial charge in [-0.25, -0.2) is 0 Å². The summed E-state index contributed by atoms with van der Waals surface area (Å²) in [6, 6.07) is 2.69. The molecule has 2 N–H and O–H groups in total. The lowest BCUT2D eigenvalue weighted by molar-refractivity contribution is -0.274. The highest BCUT2D eigenvalue weighted by molar-refractivity contribution is 6.32. The monoisotopic (exact) mass is 259 g/mol. The smallest absolute Gasteiger partial charge is 0.402 e. The minimum absolute atomic E-state index is 0.0166. The first-order valence-electron chi connectivity index (χ1n) is 3.73. The predicted octanol–water partition coefficient (Wildman–Crippen LogP) is 3.56. The Bertz CT molecular complexity index is 368. The van der Waals surface area contributed by atoms with Crippen LogP contribution in [0.1, 0.15) is 5.56 Å². The molecule has 0 fully saturated rings. The molecule has 0 bridgehead atoms. The molecule has 84 valence electrons. The number of halogens is 5. The molecule has 0 atom stereocenters. The van der Waals surface area contributed by atoms with E-state index in [4.69, 9.17) is 28.9 Å². The fourth-order valence-electron chi connectivity index (χ4n) is 0.950. The summed E-state index contributed by atoms with van der Waals surface area (Å²) in [7, 11) is 0. The molecular formula is C8H6Cl2F3NO. The van der Waals surface area contributed by atoms with Gasteiger partial charge in [-0.2, -0.15) is 0 Å². The van der Waals surface area contributed by atoms with Crippen molar-refractivity contribution in [2.24, 2.45) is 0 Å². The van der Waals surface area contributed by atoms with Gasteiger partial charge in [-0.15, -0.1) is 24.8 Å². The van der Waals surface area contributed by atoms with Crippen LogP contribution in [0, 0.1) is 0 Å². The normalized spacial score (nSPS) is 11.5. The number of alkyl halides is 4. The van der Waals surface area contributed by atoms with Crippen molar-refractivity contribution < 1.29 is 17.9 Å². The number of ether oxygens (including phenoxy) is 1. The Labute approximate surface area is 93.7 Å². The van der Waals surface area contributed by atoms with Crippen LogP contribution in [0.5, 0.6) is 5.75 Å². The van der Waals surface area contributed by atoms with Crippen LogP contribution in [-0.4, -0.2) is 6.36 Å². The molecule has 0 aliphatic rings. The van der Waals surface area contributed by atoms with Crippen LogP contribution in [0.2, 0.25) is 5.02 Å². The van der Waals surface area contributed by atoms with Crippen molar-refractivity contribution in [2.75, 3.05) is 5.73 Å². The largest absolute Gasteiger partial charge is 0.573 e. The van der Waals surface area contributed by atoms with Gasteiger partial charge >= 0.3 is 6.36 Å². The summed E-state index contributed by atoms with van der Waals surface area (Å²) >= 11 is 11.0. The number of hydrogen-bond acceptors (Lipinski definition) is 2. The summed E-state index contributed by atoms with van der Waals surface area (Å²) in [5.41, 5.74) is 5.54. The summed E-state index contributed by atoms with van der Waals surface area (Å²) in [5.74, 6) is -0.626. The third-order valence-electron chi connectivity index (χ3n) is 1.60. The van der Waals surface area contributed by atoms with Crippen LogP contribution in [0.25, 0.3) is 0 Å². The zero-order valence-corrected chi connectivity index (χ0v) is 8.75. The molecule has 0 aliphatic heterocycles. The average molecular weight is 260 g/mol. The molecule has 0 aliphatic carbocycles. The summed E-state index contributed by atoms with van der Waals surface area (Å²) in [6.07, 6.45) is -4.83. The Morgan fingerprint density at radius 2 is 1.93 bits per heavy atom. The first-order chi connectivity index (χ1) is 6.85. The van der Waals surface area contributed by atoms with Crippen molar-refractivity contribution in [2.45, 2.75) is 12.2 Å². The van der Waals surface area contributed by atoms with Crippen LogP contribution in [0.3, 0.4) is 0 Å². The van der Waals surface area contributed by atoms with E-state index in [0.717, 1.165) is 0 Å². The molecule has 2 nitrogen and oxygen atoms in total. The van der Waals surface area contributed by atoms with Crippen LogP contribution in [0.15, 0.2) is 12.1 Å². The minimum Gasteiger partial charge on any atom is -0.402 e. The van der Waals surface area contributed by atoms with Gasteiger partial charge in [0.05, 0.1) is 10.7 Å². The molecule has 15 heavy (non-hydrogen) atoms. The molecule has 1 aromatic carbocycles. The zero-order valence-electron chi connectivity index (χ0n) is 7.24. The zero-order chi connectivity index (χ0) is 11.6. The van der Waals surface area contributed by atoms with E-state index in [2.05, 4.69) is 4.74 Å². The van der Waals surface area contributed by atoms with Crippen molar-refractivity contribution in [3.05, 3.63) is 22.7 Å². The Kier molecular flexibility index (Phi) is 3.57. The fraction of sp³-hybridized carbons (Fsp3) is 0.250. The molecule has 0 spiro atoms. The highest BCUT2D eigenvalue weighted by Gasteiger charge is 2.33. The maximum Gasteiger partial charge on any atom is 0.573 e. The molecule has 0 saturated carbocycles. The van der Waals surface area contributed by atoms with Crippen molar-refractivity contribution in [3.63, 3.8) is 0 Å². The van der Waals surface area contributed by atoms with Gasteiger partial charge in [0.15, 0.2) is 5.75 Å². The van der Waals surface area contributed by atoms with Gasteiger partial charge < -0.3 is 10.5 Å². The number of benzene rings is 1. The molecule has 0 unspecified atom stereocenters. The van der Waals surface area contributed by atoms with Crippen molar-refractivity contribution >= 4 is 28.9 Å². The van der Waals surface area contributed by atoms with Crippen molar-refractivity contribution in [3.8, 4) is 5.75 Å². The lowest BCUT2D eigenvalue weighted by Gasteiger charge is -2.14. The summed E-state index contributed by atoms with van der Waals surface area (Å²) in [5, 5.41) is -0.210. The van der Waals surface area contributed by atoms with E-state index in [1.807, 2.05) is 0 Å². The molecule has 0 aromatic heterocycles. The molecule has 0 radical (unpaired) electrons. The van der Waals surface area contributed by atoms with E-state index in [9.17, 15) is 13.2 Å². The molecule has 0 saturated heterocycles. The molecule has 0 amide bonds. The quantitative estimate of drug-likeness (QED) is 0.651. The second-order valence-corrected chi connectivity index (χ2v) is 3.31. The van der Waals surface area contributed by atoms with Crippen LogP contribution < -0.4 is 10.5 Å². The van der Waals surface area contributed by atoms with E-state index < -0.39 is 12.1 Å². The van der Waals surface area contributed by atoms with Crippen LogP contribution in [0.4, 0.5) is 18.9 Å². The van der Waals surface area contributed by atoms with Gasteiger partial charge in [-0.1, -0.05) is 17.7 Å². The average Bonchev–Trinajstić information content (AvgIpc) is 2.11. The van der Waals surface area contributed by atoms with E-state index in [1.54, 1.807) is 0 Å². The summed E-state index contributed by atoms with van der Waals surface area (Å²) < 4.78 is 39.6.